The summed E-state index contributed by atoms with van der Waals surface area (Å²) in [5.41, 5.74) is -3.57. The Kier molecular flexibility index (Phi) is 6.84. The van der Waals surface area contributed by atoms with Gasteiger partial charge in [0.05, 0.1) is 0 Å². The number of hydrogen-bond donors (Lipinski definition) is 1. The van der Waals surface area contributed by atoms with Crippen molar-refractivity contribution in [2.75, 3.05) is 17.8 Å². The maximum absolute atomic E-state index is 14.6. The SMILES string of the molecule is Cc1cc(C2=NOC(c3cc(Cl)cc(Cl)c3)(C(F)(F)F)C2S(C)(=O)=O)ccc1C(=O)NC1CSC1. The Morgan fingerprint density at radius 1 is 1.17 bits per heavy atom. The lowest BCUT2D eigenvalue weighted by Crippen LogP contribution is -2.55. The highest BCUT2D eigenvalue weighted by atomic mass is 35.5. The van der Waals surface area contributed by atoms with Crippen molar-refractivity contribution in [2.24, 2.45) is 5.16 Å². The van der Waals surface area contributed by atoms with Crippen LogP contribution in [0.4, 0.5) is 13.2 Å². The lowest BCUT2D eigenvalue weighted by molar-refractivity contribution is -0.274. The number of nitrogens with one attached hydrogen (secondary N) is 1. The van der Waals surface area contributed by atoms with Gasteiger partial charge < -0.3 is 10.2 Å². The molecule has 1 fully saturated rings. The van der Waals surface area contributed by atoms with E-state index in [2.05, 4.69) is 10.5 Å². The Hall–Kier alpha value is -1.95. The van der Waals surface area contributed by atoms with Crippen molar-refractivity contribution in [1.29, 1.82) is 0 Å². The van der Waals surface area contributed by atoms with Crippen LogP contribution in [-0.4, -0.2) is 55.3 Å². The Balaban J connectivity index is 1.80. The van der Waals surface area contributed by atoms with Crippen LogP contribution in [0.3, 0.4) is 0 Å². The van der Waals surface area contributed by atoms with Crippen molar-refractivity contribution >= 4 is 56.4 Å². The normalized spacial score (nSPS) is 22.8. The van der Waals surface area contributed by atoms with Gasteiger partial charge in [0.25, 0.3) is 11.5 Å². The Bertz CT molecular complexity index is 1310. The summed E-state index contributed by atoms with van der Waals surface area (Å²) in [6.45, 7) is 1.60. The molecule has 1 amide bonds. The van der Waals surface area contributed by atoms with Gasteiger partial charge in [0.1, 0.15) is 5.71 Å². The van der Waals surface area contributed by atoms with E-state index in [9.17, 15) is 26.4 Å². The van der Waals surface area contributed by atoms with Gasteiger partial charge in [-0.2, -0.15) is 24.9 Å². The van der Waals surface area contributed by atoms with Crippen LogP contribution in [0.5, 0.6) is 0 Å². The maximum atomic E-state index is 14.6. The molecule has 6 nitrogen and oxygen atoms in total. The molecule has 0 spiro atoms. The quantitative estimate of drug-likeness (QED) is 0.564. The number of oxime groups is 1. The van der Waals surface area contributed by atoms with Crippen molar-refractivity contribution in [2.45, 2.75) is 30.0 Å². The molecule has 2 heterocycles. The summed E-state index contributed by atoms with van der Waals surface area (Å²) >= 11 is 13.6. The van der Waals surface area contributed by atoms with E-state index in [0.717, 1.165) is 23.6 Å². The van der Waals surface area contributed by atoms with Gasteiger partial charge in [-0.1, -0.05) is 34.4 Å². The number of halogens is 5. The largest absolute Gasteiger partial charge is 0.437 e. The number of nitrogens with zero attached hydrogens (tertiary/aromatic N) is 1. The number of aryl methyl sites for hydroxylation is 1. The van der Waals surface area contributed by atoms with Crippen molar-refractivity contribution < 1.29 is 31.2 Å². The number of alkyl halides is 3. The van der Waals surface area contributed by atoms with E-state index in [1.54, 1.807) is 18.7 Å². The molecule has 4 rings (SSSR count). The second-order valence-electron chi connectivity index (χ2n) is 8.41. The fourth-order valence-corrected chi connectivity index (χ4v) is 6.78. The molecule has 1 N–H and O–H groups in total. The number of carbonyl (C=O) groups is 1. The summed E-state index contributed by atoms with van der Waals surface area (Å²) < 4.78 is 69.6. The first-order chi connectivity index (χ1) is 16.2. The molecule has 2 aromatic carbocycles. The third kappa shape index (κ3) is 4.75. The molecular formula is C22H19Cl2F3N2O4S2. The van der Waals surface area contributed by atoms with Crippen LogP contribution in [0.25, 0.3) is 0 Å². The molecule has 0 aromatic heterocycles. The molecular weight excluding hydrogens is 548 g/mol. The summed E-state index contributed by atoms with van der Waals surface area (Å²) in [7, 11) is -4.46. The molecule has 2 unspecified atom stereocenters. The number of carbonyl (C=O) groups excluding carboxylic acids is 1. The van der Waals surface area contributed by atoms with E-state index < -0.39 is 38.1 Å². The highest BCUT2D eigenvalue weighted by Crippen LogP contribution is 2.52. The first-order valence-corrected chi connectivity index (χ1v) is 14.1. The van der Waals surface area contributed by atoms with Gasteiger partial charge in [0.15, 0.2) is 15.1 Å². The molecule has 188 valence electrons. The second-order valence-corrected chi connectivity index (χ2v) is 12.5. The van der Waals surface area contributed by atoms with E-state index in [4.69, 9.17) is 28.0 Å². The molecule has 0 aliphatic carbocycles. The zero-order valence-corrected chi connectivity index (χ0v) is 21.5. The van der Waals surface area contributed by atoms with Crippen LogP contribution in [0.15, 0.2) is 41.6 Å². The molecule has 35 heavy (non-hydrogen) atoms. The Labute approximate surface area is 214 Å². The van der Waals surface area contributed by atoms with Gasteiger partial charge in [-0.05, 0) is 42.8 Å². The van der Waals surface area contributed by atoms with Crippen LogP contribution in [-0.2, 0) is 20.3 Å². The Morgan fingerprint density at radius 2 is 1.80 bits per heavy atom. The fourth-order valence-electron chi connectivity index (χ4n) is 4.11. The first kappa shape index (κ1) is 26.1. The van der Waals surface area contributed by atoms with E-state index >= 15 is 0 Å². The maximum Gasteiger partial charge on any atom is 0.437 e. The van der Waals surface area contributed by atoms with Crippen LogP contribution < -0.4 is 5.32 Å². The lowest BCUT2D eigenvalue weighted by atomic mass is 9.85. The van der Waals surface area contributed by atoms with Gasteiger partial charge in [-0.15, -0.1) is 0 Å². The molecule has 13 heteroatoms. The minimum absolute atomic E-state index is 0.0609. The molecule has 1 saturated heterocycles. The minimum Gasteiger partial charge on any atom is -0.372 e. The number of thioether (sulfide) groups is 1. The first-order valence-electron chi connectivity index (χ1n) is 10.2. The third-order valence-electron chi connectivity index (χ3n) is 5.79. The molecule has 2 atom stereocenters. The molecule has 0 saturated carbocycles. The van der Waals surface area contributed by atoms with Gasteiger partial charge in [-0.3, -0.25) is 4.79 Å². The van der Waals surface area contributed by atoms with E-state index in [1.807, 2.05) is 0 Å². The summed E-state index contributed by atoms with van der Waals surface area (Å²) in [5, 5.41) is 3.99. The highest BCUT2D eigenvalue weighted by molar-refractivity contribution is 8.00. The molecule has 0 radical (unpaired) electrons. The molecule has 0 bridgehead atoms. The molecule has 2 aromatic rings. The van der Waals surface area contributed by atoms with Crippen LogP contribution >= 0.6 is 35.0 Å². The van der Waals surface area contributed by atoms with Gasteiger partial charge in [0, 0.05) is 50.5 Å². The van der Waals surface area contributed by atoms with Crippen LogP contribution in [0.1, 0.15) is 27.0 Å². The Morgan fingerprint density at radius 3 is 2.29 bits per heavy atom. The second kappa shape index (κ2) is 9.17. The van der Waals surface area contributed by atoms with Crippen molar-refractivity contribution in [1.82, 2.24) is 5.32 Å². The molecule has 2 aliphatic rings. The number of benzene rings is 2. The lowest BCUT2D eigenvalue weighted by Gasteiger charge is -2.34. The fraction of sp³-hybridized carbons (Fsp3) is 0.364. The van der Waals surface area contributed by atoms with E-state index in [-0.39, 0.29) is 27.6 Å². The predicted octanol–water partition coefficient (Wildman–Crippen LogP) is 4.75. The van der Waals surface area contributed by atoms with E-state index in [1.165, 1.54) is 24.3 Å². The molecule has 2 aliphatic heterocycles. The van der Waals surface area contributed by atoms with Gasteiger partial charge >= 0.3 is 6.18 Å². The third-order valence-corrected chi connectivity index (χ3v) is 8.91. The minimum atomic E-state index is -5.21. The van der Waals surface area contributed by atoms with E-state index in [0.29, 0.717) is 17.4 Å². The number of amides is 1. The van der Waals surface area contributed by atoms with Gasteiger partial charge in [0.2, 0.25) is 0 Å². The summed E-state index contributed by atoms with van der Waals surface area (Å²) in [4.78, 5) is 17.5. The average molecular weight is 567 g/mol. The van der Waals surface area contributed by atoms with Crippen LogP contribution in [0, 0.1) is 6.92 Å². The summed E-state index contributed by atoms with van der Waals surface area (Å²) in [6.07, 6.45) is -4.53. The number of rotatable bonds is 5. The monoisotopic (exact) mass is 566 g/mol. The van der Waals surface area contributed by atoms with Crippen molar-refractivity contribution in [3.63, 3.8) is 0 Å². The van der Waals surface area contributed by atoms with Crippen LogP contribution in [0.2, 0.25) is 10.0 Å². The van der Waals surface area contributed by atoms with Crippen molar-refractivity contribution in [3.05, 3.63) is 68.7 Å². The summed E-state index contributed by atoms with van der Waals surface area (Å²) in [6, 6.07) is 7.39. The average Bonchev–Trinajstić information content (AvgIpc) is 3.12. The van der Waals surface area contributed by atoms with Crippen molar-refractivity contribution in [3.8, 4) is 0 Å². The predicted molar refractivity (Wildman–Crippen MR) is 130 cm³/mol. The standard InChI is InChI=1S/C22H19Cl2F3N2O4S2/c1-11-5-12(3-4-17(11)20(30)28-16-9-34-10-16)18-19(35(2,31)32)21(33-29-18,22(25,26)27)13-6-14(23)8-15(24)7-13/h3-8,16,19H,9-10H2,1-2H3,(H,28,30). The highest BCUT2D eigenvalue weighted by Gasteiger charge is 2.71. The summed E-state index contributed by atoms with van der Waals surface area (Å²) in [5.74, 6) is 1.29. The zero-order chi connectivity index (χ0) is 25.8. The van der Waals surface area contributed by atoms with Gasteiger partial charge in [-0.25, -0.2) is 8.42 Å². The number of sulfone groups is 1. The zero-order valence-electron chi connectivity index (χ0n) is 18.3. The topological polar surface area (TPSA) is 84.8 Å². The number of hydrogen-bond acceptors (Lipinski definition) is 6. The smallest absolute Gasteiger partial charge is 0.372 e.